The Hall–Kier alpha value is -1.69. The van der Waals surface area contributed by atoms with E-state index in [2.05, 4.69) is 41.2 Å². The molecular weight excluding hydrogens is 302 g/mol. The molecule has 24 heavy (non-hydrogen) atoms. The van der Waals surface area contributed by atoms with Crippen molar-refractivity contribution < 1.29 is 9.47 Å². The molecule has 0 spiro atoms. The Kier molecular flexibility index (Phi) is 4.39. The Morgan fingerprint density at radius 1 is 1.21 bits per heavy atom. The number of aromatic nitrogens is 2. The maximum absolute atomic E-state index is 5.88. The molecule has 0 bridgehead atoms. The van der Waals surface area contributed by atoms with E-state index in [1.165, 1.54) is 18.4 Å². The zero-order valence-electron chi connectivity index (χ0n) is 14.2. The van der Waals surface area contributed by atoms with Crippen LogP contribution < -0.4 is 0 Å². The number of hydrogen-bond donors (Lipinski definition) is 0. The van der Waals surface area contributed by atoms with E-state index in [1.54, 1.807) is 6.20 Å². The molecular formula is C19H25N3O2. The van der Waals surface area contributed by atoms with Crippen molar-refractivity contribution in [1.29, 1.82) is 0 Å². The van der Waals surface area contributed by atoms with E-state index in [0.29, 0.717) is 5.92 Å². The number of nitrogens with zero attached hydrogens (tertiary/aromatic N) is 3. The van der Waals surface area contributed by atoms with Gasteiger partial charge < -0.3 is 9.47 Å². The molecule has 2 aromatic rings. The summed E-state index contributed by atoms with van der Waals surface area (Å²) in [7, 11) is 0. The zero-order chi connectivity index (χ0) is 16.4. The third-order valence-electron chi connectivity index (χ3n) is 5.22. The number of likely N-dealkylation sites (tertiary alicyclic amines) is 1. The first-order valence-electron chi connectivity index (χ1n) is 8.82. The molecule has 0 N–H and O–H groups in total. The van der Waals surface area contributed by atoms with Crippen molar-refractivity contribution in [1.82, 2.24) is 14.7 Å². The van der Waals surface area contributed by atoms with Crippen LogP contribution >= 0.6 is 0 Å². The van der Waals surface area contributed by atoms with E-state index in [0.717, 1.165) is 38.5 Å². The summed E-state index contributed by atoms with van der Waals surface area (Å²) in [5, 5.41) is 4.27. The third kappa shape index (κ3) is 3.24. The van der Waals surface area contributed by atoms with Crippen LogP contribution in [0.5, 0.6) is 0 Å². The zero-order valence-corrected chi connectivity index (χ0v) is 14.2. The van der Waals surface area contributed by atoms with Crippen molar-refractivity contribution in [3.63, 3.8) is 0 Å². The average Bonchev–Trinajstić information content (AvgIpc) is 3.28. The summed E-state index contributed by atoms with van der Waals surface area (Å²) in [5.74, 6) is 0.0694. The van der Waals surface area contributed by atoms with E-state index in [1.807, 2.05) is 16.9 Å². The van der Waals surface area contributed by atoms with Gasteiger partial charge in [-0.05, 0) is 50.1 Å². The molecule has 1 atom stereocenters. The lowest BCUT2D eigenvalue weighted by Gasteiger charge is -2.40. The van der Waals surface area contributed by atoms with Crippen molar-refractivity contribution in [3.8, 4) is 5.69 Å². The van der Waals surface area contributed by atoms with Crippen LogP contribution in [-0.4, -0.2) is 46.8 Å². The molecule has 4 rings (SSSR count). The number of hydrogen-bond acceptors (Lipinski definition) is 4. The number of ether oxygens (including phenoxy) is 2. The van der Waals surface area contributed by atoms with Gasteiger partial charge in [-0.15, -0.1) is 0 Å². The van der Waals surface area contributed by atoms with E-state index < -0.39 is 0 Å². The van der Waals surface area contributed by atoms with Crippen molar-refractivity contribution in [2.75, 3.05) is 26.3 Å². The fourth-order valence-electron chi connectivity index (χ4n) is 3.83. The van der Waals surface area contributed by atoms with Gasteiger partial charge in [0.2, 0.25) is 0 Å². The minimum Gasteiger partial charge on any atom is -0.347 e. The molecule has 0 amide bonds. The van der Waals surface area contributed by atoms with Crippen LogP contribution in [0.2, 0.25) is 0 Å². The smallest absolute Gasteiger partial charge is 0.169 e. The fourth-order valence-corrected chi connectivity index (χ4v) is 3.83. The molecule has 5 heteroatoms. The Labute approximate surface area is 143 Å². The summed E-state index contributed by atoms with van der Waals surface area (Å²) >= 11 is 0. The van der Waals surface area contributed by atoms with Gasteiger partial charge in [0.15, 0.2) is 5.79 Å². The minimum atomic E-state index is -0.386. The summed E-state index contributed by atoms with van der Waals surface area (Å²) in [5.41, 5.74) is 2.44. The largest absolute Gasteiger partial charge is 0.347 e. The molecule has 0 radical (unpaired) electrons. The third-order valence-corrected chi connectivity index (χ3v) is 5.22. The molecule has 5 nitrogen and oxygen atoms in total. The quantitative estimate of drug-likeness (QED) is 0.866. The molecule has 128 valence electrons. The first kappa shape index (κ1) is 15.8. The molecule has 2 fully saturated rings. The van der Waals surface area contributed by atoms with Crippen LogP contribution in [0.4, 0.5) is 0 Å². The van der Waals surface area contributed by atoms with Gasteiger partial charge in [-0.3, -0.25) is 4.90 Å². The maximum atomic E-state index is 5.88. The second-order valence-electron chi connectivity index (χ2n) is 6.90. The number of piperidine rings is 1. The van der Waals surface area contributed by atoms with E-state index in [9.17, 15) is 0 Å². The van der Waals surface area contributed by atoms with Crippen molar-refractivity contribution in [2.24, 2.45) is 5.92 Å². The van der Waals surface area contributed by atoms with Crippen LogP contribution in [-0.2, 0) is 16.0 Å². The highest BCUT2D eigenvalue weighted by Crippen LogP contribution is 2.34. The standard InChI is InChI=1S/C19H25N3O2/c1-19(23-12-13-24-19)17-4-2-10-21(15-17)14-16-5-7-18(8-6-16)22-11-3-9-20-22/h3,5-9,11,17H,2,4,10,12-15H2,1H3/t17-/m0/s1. The monoisotopic (exact) mass is 327 g/mol. The summed E-state index contributed by atoms with van der Waals surface area (Å²) in [6.45, 7) is 6.72. The maximum Gasteiger partial charge on any atom is 0.169 e. The van der Waals surface area contributed by atoms with Crippen LogP contribution in [0, 0.1) is 5.92 Å². The summed E-state index contributed by atoms with van der Waals surface area (Å²) in [6.07, 6.45) is 6.16. The van der Waals surface area contributed by atoms with Crippen molar-refractivity contribution >= 4 is 0 Å². The second-order valence-corrected chi connectivity index (χ2v) is 6.90. The van der Waals surface area contributed by atoms with E-state index in [4.69, 9.17) is 9.47 Å². The van der Waals surface area contributed by atoms with Gasteiger partial charge in [0.1, 0.15) is 0 Å². The average molecular weight is 327 g/mol. The minimum absolute atomic E-state index is 0.386. The van der Waals surface area contributed by atoms with Crippen molar-refractivity contribution in [3.05, 3.63) is 48.3 Å². The molecule has 2 aliphatic heterocycles. The highest BCUT2D eigenvalue weighted by atomic mass is 16.7. The van der Waals surface area contributed by atoms with Crippen LogP contribution in [0.1, 0.15) is 25.3 Å². The number of rotatable bonds is 4. The summed E-state index contributed by atoms with van der Waals surface area (Å²) in [4.78, 5) is 2.52. The predicted octanol–water partition coefficient (Wildman–Crippen LogP) is 2.85. The Bertz CT molecular complexity index is 648. The molecule has 2 saturated heterocycles. The molecule has 0 aliphatic carbocycles. The lowest BCUT2D eigenvalue weighted by molar-refractivity contribution is -0.192. The fraction of sp³-hybridized carbons (Fsp3) is 0.526. The Morgan fingerprint density at radius 2 is 2.00 bits per heavy atom. The van der Waals surface area contributed by atoms with Crippen LogP contribution in [0.25, 0.3) is 5.69 Å². The van der Waals surface area contributed by atoms with Crippen LogP contribution in [0.15, 0.2) is 42.7 Å². The summed E-state index contributed by atoms with van der Waals surface area (Å²) < 4.78 is 13.6. The predicted molar refractivity (Wildman–Crippen MR) is 91.9 cm³/mol. The Balaban J connectivity index is 1.39. The number of benzene rings is 1. The second kappa shape index (κ2) is 6.67. The molecule has 0 saturated carbocycles. The van der Waals surface area contributed by atoms with Gasteiger partial charge in [-0.2, -0.15) is 5.10 Å². The van der Waals surface area contributed by atoms with Gasteiger partial charge in [0.25, 0.3) is 0 Å². The lowest BCUT2D eigenvalue weighted by Crippen LogP contribution is -2.46. The summed E-state index contributed by atoms with van der Waals surface area (Å²) in [6, 6.07) is 10.6. The van der Waals surface area contributed by atoms with Crippen LogP contribution in [0.3, 0.4) is 0 Å². The van der Waals surface area contributed by atoms with Gasteiger partial charge in [0, 0.05) is 31.4 Å². The molecule has 0 unspecified atom stereocenters. The van der Waals surface area contributed by atoms with Gasteiger partial charge >= 0.3 is 0 Å². The van der Waals surface area contributed by atoms with Gasteiger partial charge in [0.05, 0.1) is 18.9 Å². The highest BCUT2D eigenvalue weighted by molar-refractivity contribution is 5.33. The molecule has 1 aromatic heterocycles. The normalized spacial score (nSPS) is 24.3. The lowest BCUT2D eigenvalue weighted by atomic mass is 9.90. The van der Waals surface area contributed by atoms with Gasteiger partial charge in [-0.25, -0.2) is 4.68 Å². The highest BCUT2D eigenvalue weighted by Gasteiger charge is 2.41. The van der Waals surface area contributed by atoms with Crippen molar-refractivity contribution in [2.45, 2.75) is 32.1 Å². The Morgan fingerprint density at radius 3 is 2.71 bits per heavy atom. The molecule has 2 aliphatic rings. The van der Waals surface area contributed by atoms with E-state index in [-0.39, 0.29) is 5.79 Å². The van der Waals surface area contributed by atoms with Gasteiger partial charge in [-0.1, -0.05) is 12.1 Å². The first-order valence-corrected chi connectivity index (χ1v) is 8.82. The topological polar surface area (TPSA) is 39.5 Å². The first-order chi connectivity index (χ1) is 11.7. The van der Waals surface area contributed by atoms with E-state index >= 15 is 0 Å². The molecule has 1 aromatic carbocycles. The molecule has 3 heterocycles. The SMILES string of the molecule is CC1([C@H]2CCCN(Cc3ccc(-n4cccn4)cc3)C2)OCCO1.